The Morgan fingerprint density at radius 3 is 0.890 bits per heavy atom. The molecule has 8 rings (SSSR count). The number of methoxy groups -OCH3 is 1. The van der Waals surface area contributed by atoms with Gasteiger partial charge in [-0.25, -0.2) is 28.4 Å². The van der Waals surface area contributed by atoms with Crippen LogP contribution in [0.25, 0.3) is 0 Å². The van der Waals surface area contributed by atoms with Gasteiger partial charge in [0.25, 0.3) is 0 Å². The van der Waals surface area contributed by atoms with Crippen LogP contribution in [-0.4, -0.2) is 94.2 Å². The van der Waals surface area contributed by atoms with Crippen LogP contribution in [0.2, 0.25) is 0 Å². The van der Waals surface area contributed by atoms with Crippen molar-refractivity contribution in [3.63, 3.8) is 0 Å². The lowest BCUT2D eigenvalue weighted by Crippen LogP contribution is -3.00. The van der Waals surface area contributed by atoms with E-state index in [0.717, 1.165) is 42.7 Å². The summed E-state index contributed by atoms with van der Waals surface area (Å²) >= 11 is -0.325. The summed E-state index contributed by atoms with van der Waals surface area (Å²) in [6.07, 6.45) is 4.28. The molecule has 0 bridgehead atoms. The molecule has 8 aromatic rings. The summed E-state index contributed by atoms with van der Waals surface area (Å²) in [6, 6.07) is 53.6. The molecule has 0 spiro atoms. The Hall–Kier alpha value is -6.25. The van der Waals surface area contributed by atoms with Crippen molar-refractivity contribution in [3.05, 3.63) is 211 Å². The van der Waals surface area contributed by atoms with Crippen LogP contribution in [0.4, 0.5) is 0 Å². The summed E-state index contributed by atoms with van der Waals surface area (Å²) < 4.78 is 131. The summed E-state index contributed by atoms with van der Waals surface area (Å²) in [5.74, 6) is 3.55. The van der Waals surface area contributed by atoms with Crippen molar-refractivity contribution in [3.8, 4) is 40.2 Å². The SMILES string of the molecule is COCCOCCOc1ccc(C(C)(C)CC(C)(C)CC(C)(C)I=[NH+]C(C)(C)CC(C)(C)CC(C)(C)c2ccc(OCCOCCOc3ccc(S(=O)(=O)c4ccc(Oc5ccc(S(=O)(=O)c6ccc(Oc7ccc(S(=O)(=O)c8ccc(C)cc8)cc7)cc6)cc5)cc4)cc3)cc2)cc1.[I-]. The summed E-state index contributed by atoms with van der Waals surface area (Å²) in [6.45, 7) is 34.1. The standard InChI is InChI=1S/C80H98INO14S3.HI/c1-59-15-35-69(36-16-59)97(83,84)71-39-27-65(28-40-71)95-67-31-43-73(44-32-67)99(87,88)74-45-33-68(34-46-74)96-66-29-41-72(42-30-66)98(85,86)70-37-25-64(26-38-70)94-54-51-91-50-53-93-63-23-19-61(20-24-63)78(8,9)56-76(4,5)58-80(12,13)82-81-79(10,11)57-75(2,3)55-77(6,7)60-17-21-62(22-18-60)92-52-49-90-48-47-89-14;/h15-46H,47-58H2,1-14H3;1H. The van der Waals surface area contributed by atoms with Crippen LogP contribution in [0.15, 0.2) is 223 Å². The van der Waals surface area contributed by atoms with Gasteiger partial charge >= 0.3 is 0 Å². The molecule has 0 fully saturated rings. The number of halogens is 2. The molecule has 0 unspecified atom stereocenters. The number of sulfone groups is 3. The Labute approximate surface area is 622 Å². The number of hydrogen-bond donors (Lipinski definition) is 1. The number of nitrogens with one attached hydrogen (secondary N) is 1. The Morgan fingerprint density at radius 1 is 0.330 bits per heavy atom. The van der Waals surface area contributed by atoms with E-state index in [2.05, 4.69) is 123 Å². The van der Waals surface area contributed by atoms with Gasteiger partial charge in [0, 0.05) is 27.4 Å². The monoisotopic (exact) mass is 1650 g/mol. The van der Waals surface area contributed by atoms with E-state index in [9.17, 15) is 25.3 Å². The highest BCUT2D eigenvalue weighted by atomic mass is 127. The number of rotatable bonds is 37. The third kappa shape index (κ3) is 23.6. The zero-order chi connectivity index (χ0) is 71.9. The molecule has 1 N–H and O–H groups in total. The Morgan fingerprint density at radius 2 is 0.590 bits per heavy atom. The van der Waals surface area contributed by atoms with Crippen molar-refractivity contribution >= 4 is 50.5 Å². The molecule has 15 nitrogen and oxygen atoms in total. The number of benzene rings is 8. The lowest BCUT2D eigenvalue weighted by atomic mass is 9.67. The topological polar surface area (TPSA) is 190 Å². The molecule has 20 heteroatoms. The van der Waals surface area contributed by atoms with Crippen LogP contribution in [0, 0.1) is 17.8 Å². The zero-order valence-corrected chi connectivity index (χ0v) is 66.9. The second-order valence-electron chi connectivity index (χ2n) is 29.3. The second-order valence-corrected chi connectivity index (χ2v) is 39.1. The smallest absolute Gasteiger partial charge is 0.206 e. The van der Waals surface area contributed by atoms with Crippen LogP contribution in [0.1, 0.15) is 125 Å². The molecule has 0 aliphatic rings. The van der Waals surface area contributed by atoms with Gasteiger partial charge in [0.05, 0.1) is 65.8 Å². The molecular formula is C80H99I2NO14S3. The first-order chi connectivity index (χ1) is 46.6. The Kier molecular flexibility index (Phi) is 28.2. The Balaban J connectivity index is 0.0000140. The molecule has 0 amide bonds. The molecule has 8 aromatic carbocycles. The molecule has 0 atom stereocenters. The second kappa shape index (κ2) is 34.8. The van der Waals surface area contributed by atoms with E-state index in [-0.39, 0.29) is 112 Å². The summed E-state index contributed by atoms with van der Waals surface area (Å²) in [7, 11) is -9.85. The third-order valence-electron chi connectivity index (χ3n) is 16.9. The lowest BCUT2D eigenvalue weighted by Gasteiger charge is -2.39. The van der Waals surface area contributed by atoms with E-state index in [1.54, 1.807) is 43.5 Å². The van der Waals surface area contributed by atoms with E-state index in [1.807, 2.05) is 19.1 Å². The molecule has 0 saturated heterocycles. The molecule has 0 aliphatic heterocycles. The van der Waals surface area contributed by atoms with Crippen LogP contribution >= 0.6 is 21.0 Å². The molecule has 540 valence electrons. The maximum absolute atomic E-state index is 13.6. The molecule has 0 heterocycles. The van der Waals surface area contributed by atoms with E-state index < -0.39 is 29.5 Å². The van der Waals surface area contributed by atoms with E-state index in [1.165, 1.54) is 120 Å². The van der Waals surface area contributed by atoms with Crippen molar-refractivity contribution in [1.82, 2.24) is 0 Å². The maximum Gasteiger partial charge on any atom is 0.206 e. The van der Waals surface area contributed by atoms with Gasteiger partial charge in [0.2, 0.25) is 50.5 Å². The molecular weight excluding hydrogens is 1550 g/mol. The first-order valence-electron chi connectivity index (χ1n) is 33.4. The summed E-state index contributed by atoms with van der Waals surface area (Å²) in [4.78, 5) is 0.534. The van der Waals surface area contributed by atoms with Gasteiger partial charge in [0.15, 0.2) is 5.54 Å². The van der Waals surface area contributed by atoms with Crippen LogP contribution in [-0.2, 0) is 54.6 Å². The third-order valence-corrected chi connectivity index (χ3v) is 25.8. The van der Waals surface area contributed by atoms with Crippen molar-refractivity contribution in [2.75, 3.05) is 60.0 Å². The fourth-order valence-electron chi connectivity index (χ4n) is 13.2. The van der Waals surface area contributed by atoms with Gasteiger partial charge in [-0.15, -0.1) is 0 Å². The minimum absolute atomic E-state index is 0. The van der Waals surface area contributed by atoms with Crippen molar-refractivity contribution < 1.29 is 90.3 Å². The summed E-state index contributed by atoms with van der Waals surface area (Å²) in [5.41, 5.74) is 3.67. The van der Waals surface area contributed by atoms with Crippen molar-refractivity contribution in [2.24, 2.45) is 10.8 Å². The highest BCUT2D eigenvalue weighted by molar-refractivity contribution is 14.1. The largest absolute Gasteiger partial charge is 1.00 e. The molecule has 100 heavy (non-hydrogen) atoms. The number of hydrogen-bond acceptors (Lipinski definition) is 14. The maximum atomic E-state index is 13.6. The van der Waals surface area contributed by atoms with Crippen molar-refractivity contribution in [1.29, 1.82) is 0 Å². The van der Waals surface area contributed by atoms with Gasteiger partial charge in [-0.1, -0.05) is 97.4 Å². The predicted octanol–water partition coefficient (Wildman–Crippen LogP) is 14.3. The van der Waals surface area contributed by atoms with Gasteiger partial charge in [-0.05, 0) is 231 Å². The minimum atomic E-state index is -3.93. The summed E-state index contributed by atoms with van der Waals surface area (Å²) in [5, 5.41) is 0. The van der Waals surface area contributed by atoms with Gasteiger partial charge < -0.3 is 61.9 Å². The van der Waals surface area contributed by atoms with Crippen LogP contribution in [0.3, 0.4) is 0 Å². The van der Waals surface area contributed by atoms with E-state index in [0.29, 0.717) is 75.0 Å². The van der Waals surface area contributed by atoms with Gasteiger partial charge in [-0.3, -0.25) is 0 Å². The first kappa shape index (κ1) is 81.1. The van der Waals surface area contributed by atoms with E-state index >= 15 is 0 Å². The van der Waals surface area contributed by atoms with Crippen molar-refractivity contribution in [2.45, 2.75) is 165 Å². The van der Waals surface area contributed by atoms with Crippen LogP contribution < -0.4 is 50.8 Å². The number of aryl methyl sites for hydroxylation is 1. The fourth-order valence-corrected chi connectivity index (χ4v) is 19.9. The Bertz CT molecular complexity index is 4280. The quantitative estimate of drug-likeness (QED) is 0.0220. The molecule has 0 radical (unpaired) electrons. The number of alkyl halides is 1. The fraction of sp³-hybridized carbons (Fsp3) is 0.400. The average molecular weight is 1650 g/mol. The molecule has 0 aromatic heterocycles. The predicted molar refractivity (Wildman–Crippen MR) is 398 cm³/mol. The number of ether oxygens (including phenoxy) is 8. The van der Waals surface area contributed by atoms with E-state index in [4.69, 9.17) is 37.9 Å². The molecule has 0 saturated carbocycles. The highest BCUT2D eigenvalue weighted by Gasteiger charge is 2.40. The average Bonchev–Trinajstić information content (AvgIpc) is 0.818. The highest BCUT2D eigenvalue weighted by Crippen LogP contribution is 2.46. The van der Waals surface area contributed by atoms with Gasteiger partial charge in [0.1, 0.15) is 60.1 Å². The van der Waals surface area contributed by atoms with Gasteiger partial charge in [-0.2, -0.15) is 0 Å². The normalized spacial score (nSPS) is 12.9. The molecule has 0 aliphatic carbocycles. The lowest BCUT2D eigenvalue weighted by molar-refractivity contribution is -0.498. The first-order valence-corrected chi connectivity index (χ1v) is 40.0. The zero-order valence-electron chi connectivity index (χ0n) is 60.2. The minimum Gasteiger partial charge on any atom is -1.00 e. The van der Waals surface area contributed by atoms with Crippen LogP contribution in [0.5, 0.6) is 40.2 Å².